The van der Waals surface area contributed by atoms with E-state index in [4.69, 9.17) is 5.73 Å². The number of sulfonamides is 1. The van der Waals surface area contributed by atoms with Crippen LogP contribution < -0.4 is 10.5 Å². The molecule has 2 rings (SSSR count). The van der Waals surface area contributed by atoms with Crippen LogP contribution in [-0.4, -0.2) is 13.4 Å². The summed E-state index contributed by atoms with van der Waals surface area (Å²) in [4.78, 5) is 3.81. The second kappa shape index (κ2) is 4.54. The van der Waals surface area contributed by atoms with Crippen LogP contribution in [0.4, 0.5) is 15.2 Å². The molecule has 2 aromatic rings. The number of nitrogen functional groups attached to an aromatic ring is 1. The maximum atomic E-state index is 12.9. The lowest BCUT2D eigenvalue weighted by Gasteiger charge is -2.07. The predicted molar refractivity (Wildman–Crippen MR) is 68.5 cm³/mol. The molecule has 0 aliphatic carbocycles. The van der Waals surface area contributed by atoms with Crippen molar-refractivity contribution in [1.82, 2.24) is 4.98 Å². The number of hydrogen-bond donors (Lipinski definition) is 2. The van der Waals surface area contributed by atoms with Crippen LogP contribution in [0.15, 0.2) is 28.5 Å². The first-order chi connectivity index (χ1) is 8.38. The van der Waals surface area contributed by atoms with Crippen molar-refractivity contribution in [3.63, 3.8) is 0 Å². The van der Waals surface area contributed by atoms with Crippen LogP contribution in [-0.2, 0) is 10.0 Å². The van der Waals surface area contributed by atoms with E-state index in [1.54, 1.807) is 12.3 Å². The first-order valence-corrected chi connectivity index (χ1v) is 7.25. The third-order valence-corrected chi connectivity index (χ3v) is 4.52. The average Bonchev–Trinajstić information content (AvgIpc) is 2.62. The SMILES string of the molecule is Cc1csc(NS(=O)(=O)c2ccc(F)cc2N)n1. The van der Waals surface area contributed by atoms with Crippen LogP contribution in [0.25, 0.3) is 0 Å². The Kier molecular flexibility index (Phi) is 3.22. The van der Waals surface area contributed by atoms with Gasteiger partial charge in [0.1, 0.15) is 10.7 Å². The molecule has 1 aromatic heterocycles. The summed E-state index contributed by atoms with van der Waals surface area (Å²) in [5.74, 6) is -0.587. The van der Waals surface area contributed by atoms with Crippen molar-refractivity contribution < 1.29 is 12.8 Å². The monoisotopic (exact) mass is 287 g/mol. The van der Waals surface area contributed by atoms with E-state index in [1.165, 1.54) is 0 Å². The summed E-state index contributed by atoms with van der Waals surface area (Å²) in [5, 5.41) is 1.96. The highest BCUT2D eigenvalue weighted by Gasteiger charge is 2.19. The molecule has 8 heteroatoms. The van der Waals surface area contributed by atoms with E-state index in [0.29, 0.717) is 5.69 Å². The van der Waals surface area contributed by atoms with Crippen molar-refractivity contribution in [2.24, 2.45) is 0 Å². The minimum absolute atomic E-state index is 0.143. The van der Waals surface area contributed by atoms with Gasteiger partial charge in [-0.15, -0.1) is 11.3 Å². The maximum Gasteiger partial charge on any atom is 0.265 e. The standard InChI is InChI=1S/C10H10FN3O2S2/c1-6-5-17-10(13-6)14-18(15,16)9-3-2-7(11)4-8(9)12/h2-5H,12H2,1H3,(H,13,14). The first kappa shape index (κ1) is 12.8. The predicted octanol–water partition coefficient (Wildman–Crippen LogP) is 1.97. The molecule has 0 saturated heterocycles. The number of aromatic nitrogens is 1. The quantitative estimate of drug-likeness (QED) is 0.845. The van der Waals surface area contributed by atoms with Crippen LogP contribution in [0.2, 0.25) is 0 Å². The second-order valence-corrected chi connectivity index (χ2v) is 6.09. The molecule has 18 heavy (non-hydrogen) atoms. The molecule has 5 nitrogen and oxygen atoms in total. The summed E-state index contributed by atoms with van der Waals surface area (Å²) in [6.45, 7) is 1.75. The summed E-state index contributed by atoms with van der Waals surface area (Å²) in [6, 6.07) is 3.12. The van der Waals surface area contributed by atoms with E-state index >= 15 is 0 Å². The summed E-state index contributed by atoms with van der Waals surface area (Å²) in [6.07, 6.45) is 0. The lowest BCUT2D eigenvalue weighted by atomic mass is 10.3. The van der Waals surface area contributed by atoms with Crippen molar-refractivity contribution >= 4 is 32.2 Å². The number of hydrogen-bond acceptors (Lipinski definition) is 5. The normalized spacial score (nSPS) is 11.4. The van der Waals surface area contributed by atoms with Gasteiger partial charge < -0.3 is 5.73 Å². The first-order valence-electron chi connectivity index (χ1n) is 4.88. The summed E-state index contributed by atoms with van der Waals surface area (Å²) >= 11 is 1.16. The van der Waals surface area contributed by atoms with Crippen LogP contribution in [0.1, 0.15) is 5.69 Å². The van der Waals surface area contributed by atoms with Gasteiger partial charge in [-0.3, -0.25) is 4.72 Å². The Hall–Kier alpha value is -1.67. The van der Waals surface area contributed by atoms with Crippen molar-refractivity contribution in [1.29, 1.82) is 0 Å². The number of rotatable bonds is 3. The van der Waals surface area contributed by atoms with E-state index in [9.17, 15) is 12.8 Å². The Morgan fingerprint density at radius 3 is 2.72 bits per heavy atom. The average molecular weight is 287 g/mol. The number of anilines is 2. The molecule has 0 atom stereocenters. The Morgan fingerprint density at radius 2 is 2.17 bits per heavy atom. The molecule has 0 fully saturated rings. The Balaban J connectivity index is 2.36. The molecule has 0 bridgehead atoms. The fourth-order valence-corrected chi connectivity index (χ4v) is 3.39. The van der Waals surface area contributed by atoms with E-state index in [2.05, 4.69) is 9.71 Å². The highest BCUT2D eigenvalue weighted by atomic mass is 32.2. The van der Waals surface area contributed by atoms with Crippen LogP contribution in [0, 0.1) is 12.7 Å². The molecular weight excluding hydrogens is 277 g/mol. The maximum absolute atomic E-state index is 12.9. The summed E-state index contributed by atoms with van der Waals surface area (Å²) < 4.78 is 39.1. The molecule has 96 valence electrons. The minimum atomic E-state index is -3.84. The van der Waals surface area contributed by atoms with Gasteiger partial charge in [-0.25, -0.2) is 17.8 Å². The highest BCUT2D eigenvalue weighted by Crippen LogP contribution is 2.23. The zero-order chi connectivity index (χ0) is 13.3. The molecule has 0 spiro atoms. The van der Waals surface area contributed by atoms with Crippen LogP contribution >= 0.6 is 11.3 Å². The van der Waals surface area contributed by atoms with E-state index in [1.807, 2.05) is 0 Å². The molecule has 0 aliphatic heterocycles. The van der Waals surface area contributed by atoms with E-state index in [0.717, 1.165) is 29.5 Å². The Morgan fingerprint density at radius 1 is 1.44 bits per heavy atom. The van der Waals surface area contributed by atoms with Gasteiger partial charge in [-0.05, 0) is 25.1 Å². The van der Waals surface area contributed by atoms with Crippen LogP contribution in [0.3, 0.4) is 0 Å². The highest BCUT2D eigenvalue weighted by molar-refractivity contribution is 7.93. The number of aryl methyl sites for hydroxylation is 1. The summed E-state index contributed by atoms with van der Waals surface area (Å²) in [7, 11) is -3.84. The molecule has 0 radical (unpaired) electrons. The summed E-state index contributed by atoms with van der Waals surface area (Å²) in [5.41, 5.74) is 6.06. The molecular formula is C10H10FN3O2S2. The molecule has 0 amide bonds. The Bertz CT molecular complexity index is 682. The number of nitrogens with one attached hydrogen (secondary N) is 1. The zero-order valence-corrected chi connectivity index (χ0v) is 11.0. The molecule has 1 heterocycles. The fraction of sp³-hybridized carbons (Fsp3) is 0.100. The van der Waals surface area contributed by atoms with Gasteiger partial charge >= 0.3 is 0 Å². The van der Waals surface area contributed by atoms with Gasteiger partial charge in [-0.1, -0.05) is 0 Å². The van der Waals surface area contributed by atoms with Gasteiger partial charge in [-0.2, -0.15) is 0 Å². The van der Waals surface area contributed by atoms with Crippen molar-refractivity contribution in [3.05, 3.63) is 35.1 Å². The third-order valence-electron chi connectivity index (χ3n) is 2.10. The van der Waals surface area contributed by atoms with E-state index < -0.39 is 15.8 Å². The number of nitrogens with two attached hydrogens (primary N) is 1. The molecule has 0 unspecified atom stereocenters. The second-order valence-electron chi connectivity index (χ2n) is 3.58. The van der Waals surface area contributed by atoms with Crippen molar-refractivity contribution in [2.45, 2.75) is 11.8 Å². The molecule has 3 N–H and O–H groups in total. The number of halogens is 1. The topological polar surface area (TPSA) is 85.1 Å². The van der Waals surface area contributed by atoms with Gasteiger partial charge in [0.15, 0.2) is 5.13 Å². The minimum Gasteiger partial charge on any atom is -0.398 e. The van der Waals surface area contributed by atoms with Crippen molar-refractivity contribution in [2.75, 3.05) is 10.5 Å². The third kappa shape index (κ3) is 2.59. The lowest BCUT2D eigenvalue weighted by Crippen LogP contribution is -2.14. The van der Waals surface area contributed by atoms with Gasteiger partial charge in [0, 0.05) is 5.38 Å². The fourth-order valence-electron chi connectivity index (χ4n) is 1.33. The van der Waals surface area contributed by atoms with E-state index in [-0.39, 0.29) is 15.7 Å². The number of nitrogens with zero attached hydrogens (tertiary/aromatic N) is 1. The lowest BCUT2D eigenvalue weighted by molar-refractivity contribution is 0.600. The largest absolute Gasteiger partial charge is 0.398 e. The molecule has 1 aromatic carbocycles. The number of thiazole rings is 1. The van der Waals surface area contributed by atoms with Gasteiger partial charge in [0.2, 0.25) is 0 Å². The Labute approximate surface area is 108 Å². The smallest absolute Gasteiger partial charge is 0.265 e. The molecule has 0 aliphatic rings. The van der Waals surface area contributed by atoms with Crippen LogP contribution in [0.5, 0.6) is 0 Å². The van der Waals surface area contributed by atoms with Crippen molar-refractivity contribution in [3.8, 4) is 0 Å². The van der Waals surface area contributed by atoms with Gasteiger partial charge in [0.25, 0.3) is 10.0 Å². The van der Waals surface area contributed by atoms with Gasteiger partial charge in [0.05, 0.1) is 11.4 Å². The zero-order valence-electron chi connectivity index (χ0n) is 9.34. The number of benzene rings is 1. The molecule has 0 saturated carbocycles.